The molecule has 102 valence electrons. The second-order valence-electron chi connectivity index (χ2n) is 4.17. The van der Waals surface area contributed by atoms with Gasteiger partial charge in [-0.25, -0.2) is 9.97 Å². The minimum absolute atomic E-state index is 0.360. The lowest BCUT2D eigenvalue weighted by Gasteiger charge is -2.08. The normalized spacial score (nSPS) is 9.70. The molecule has 0 atom stereocenters. The van der Waals surface area contributed by atoms with Crippen LogP contribution in [0.3, 0.4) is 0 Å². The van der Waals surface area contributed by atoms with E-state index in [0.29, 0.717) is 24.7 Å². The Balaban J connectivity index is 2.01. The Hall–Kier alpha value is -2.05. The van der Waals surface area contributed by atoms with E-state index in [0.717, 1.165) is 16.9 Å². The summed E-state index contributed by atoms with van der Waals surface area (Å²) in [5.74, 6) is 8.13. The van der Waals surface area contributed by atoms with Crippen LogP contribution in [0.1, 0.15) is 23.4 Å². The van der Waals surface area contributed by atoms with Gasteiger partial charge in [0.25, 0.3) is 0 Å². The smallest absolute Gasteiger partial charge is 0.166 e. The first-order chi connectivity index (χ1) is 9.79. The molecular formula is C16H15ClN2O. The number of rotatable bonds is 4. The van der Waals surface area contributed by atoms with Crippen molar-refractivity contribution in [3.63, 3.8) is 0 Å². The number of hydrogen-bond donors (Lipinski definition) is 0. The molecule has 1 aromatic heterocycles. The molecule has 3 nitrogen and oxygen atoms in total. The van der Waals surface area contributed by atoms with Crippen LogP contribution in [0.25, 0.3) is 0 Å². The van der Waals surface area contributed by atoms with Crippen molar-refractivity contribution in [1.29, 1.82) is 0 Å². The van der Waals surface area contributed by atoms with Crippen molar-refractivity contribution in [2.24, 2.45) is 0 Å². The lowest BCUT2D eigenvalue weighted by Crippen LogP contribution is -2.01. The third-order valence-corrected chi connectivity index (χ3v) is 2.79. The van der Waals surface area contributed by atoms with E-state index in [-0.39, 0.29) is 0 Å². The monoisotopic (exact) mass is 286 g/mol. The maximum Gasteiger partial charge on any atom is 0.166 e. The minimum atomic E-state index is 0.360. The highest BCUT2D eigenvalue weighted by atomic mass is 35.5. The molecule has 0 saturated carbocycles. The van der Waals surface area contributed by atoms with Gasteiger partial charge in [0.1, 0.15) is 12.4 Å². The Morgan fingerprint density at radius 2 is 2.05 bits per heavy atom. The van der Waals surface area contributed by atoms with Crippen molar-refractivity contribution in [2.75, 3.05) is 5.88 Å². The summed E-state index contributed by atoms with van der Waals surface area (Å²) in [5, 5.41) is 0. The molecule has 0 spiro atoms. The van der Waals surface area contributed by atoms with Crippen molar-refractivity contribution >= 4 is 11.6 Å². The summed E-state index contributed by atoms with van der Waals surface area (Å²) in [7, 11) is 0. The van der Waals surface area contributed by atoms with Crippen molar-refractivity contribution in [2.45, 2.75) is 20.0 Å². The number of nitrogens with zero attached hydrogens (tertiary/aromatic N) is 2. The summed E-state index contributed by atoms with van der Waals surface area (Å²) in [4.78, 5) is 8.24. The number of alkyl halides is 1. The fourth-order valence-electron chi connectivity index (χ4n) is 1.65. The molecule has 0 aliphatic heterocycles. The summed E-state index contributed by atoms with van der Waals surface area (Å²) < 4.78 is 5.71. The minimum Gasteiger partial charge on any atom is -0.485 e. The van der Waals surface area contributed by atoms with Crippen LogP contribution in [0, 0.1) is 18.8 Å². The van der Waals surface area contributed by atoms with Crippen LogP contribution >= 0.6 is 11.6 Å². The maximum atomic E-state index is 5.71. The lowest BCUT2D eigenvalue weighted by molar-refractivity contribution is 0.294. The van der Waals surface area contributed by atoms with Crippen LogP contribution in [0.2, 0.25) is 0 Å². The predicted octanol–water partition coefficient (Wildman–Crippen LogP) is 3.34. The third-order valence-electron chi connectivity index (χ3n) is 2.60. The van der Waals surface area contributed by atoms with Gasteiger partial charge in [0.2, 0.25) is 0 Å². The van der Waals surface area contributed by atoms with Crippen LogP contribution in [0.15, 0.2) is 36.7 Å². The van der Waals surface area contributed by atoms with Gasteiger partial charge in [-0.15, -0.1) is 11.6 Å². The first-order valence-electron chi connectivity index (χ1n) is 6.34. The zero-order valence-corrected chi connectivity index (χ0v) is 12.0. The SMILES string of the molecule is Cc1cc(C#CCCCl)ccc1OCc1ncccn1. The molecule has 0 unspecified atom stereocenters. The quantitative estimate of drug-likeness (QED) is 0.639. The topological polar surface area (TPSA) is 35.0 Å². The highest BCUT2D eigenvalue weighted by Gasteiger charge is 2.02. The molecule has 1 heterocycles. The first kappa shape index (κ1) is 14.4. The number of benzene rings is 1. The lowest BCUT2D eigenvalue weighted by atomic mass is 10.1. The van der Waals surface area contributed by atoms with E-state index in [1.165, 1.54) is 0 Å². The molecule has 0 radical (unpaired) electrons. The third kappa shape index (κ3) is 4.25. The zero-order valence-electron chi connectivity index (χ0n) is 11.3. The van der Waals surface area contributed by atoms with Crippen molar-refractivity contribution < 1.29 is 4.74 Å². The Bertz CT molecular complexity index is 617. The number of aromatic nitrogens is 2. The van der Waals surface area contributed by atoms with Gasteiger partial charge in [0, 0.05) is 30.3 Å². The summed E-state index contributed by atoms with van der Waals surface area (Å²) in [6.45, 7) is 2.35. The van der Waals surface area contributed by atoms with E-state index in [2.05, 4.69) is 21.8 Å². The molecule has 2 rings (SSSR count). The molecule has 0 aliphatic carbocycles. The Kier molecular flexibility index (Phi) is 5.40. The fraction of sp³-hybridized carbons (Fsp3) is 0.250. The van der Waals surface area contributed by atoms with Crippen LogP contribution in [-0.4, -0.2) is 15.8 Å². The van der Waals surface area contributed by atoms with Gasteiger partial charge < -0.3 is 4.74 Å². The van der Waals surface area contributed by atoms with E-state index < -0.39 is 0 Å². The summed E-state index contributed by atoms with van der Waals surface area (Å²) >= 11 is 5.59. The van der Waals surface area contributed by atoms with Crippen LogP contribution in [0.4, 0.5) is 0 Å². The first-order valence-corrected chi connectivity index (χ1v) is 6.87. The van der Waals surface area contributed by atoms with Crippen molar-refractivity contribution in [3.05, 3.63) is 53.6 Å². The molecule has 0 N–H and O–H groups in total. The molecule has 0 aliphatic rings. The summed E-state index contributed by atoms with van der Waals surface area (Å²) in [6.07, 6.45) is 4.10. The summed E-state index contributed by atoms with van der Waals surface area (Å²) in [6, 6.07) is 7.64. The molecule has 2 aromatic rings. The van der Waals surface area contributed by atoms with Crippen LogP contribution in [-0.2, 0) is 6.61 Å². The number of aryl methyl sites for hydroxylation is 1. The molecule has 0 bridgehead atoms. The van der Waals surface area contributed by atoms with Gasteiger partial charge in [-0.05, 0) is 36.8 Å². The van der Waals surface area contributed by atoms with Gasteiger partial charge in [-0.1, -0.05) is 11.8 Å². The van der Waals surface area contributed by atoms with E-state index in [1.807, 2.05) is 25.1 Å². The maximum absolute atomic E-state index is 5.71. The highest BCUT2D eigenvalue weighted by Crippen LogP contribution is 2.19. The molecule has 0 saturated heterocycles. The largest absolute Gasteiger partial charge is 0.485 e. The average Bonchev–Trinajstić information content (AvgIpc) is 2.48. The highest BCUT2D eigenvalue weighted by molar-refractivity contribution is 6.18. The number of halogens is 1. The second kappa shape index (κ2) is 7.52. The Labute approximate surface area is 124 Å². The second-order valence-corrected chi connectivity index (χ2v) is 4.55. The van der Waals surface area contributed by atoms with E-state index >= 15 is 0 Å². The fourth-order valence-corrected chi connectivity index (χ4v) is 1.74. The number of ether oxygens (including phenoxy) is 1. The molecule has 0 amide bonds. The van der Waals surface area contributed by atoms with Crippen molar-refractivity contribution in [3.8, 4) is 17.6 Å². The van der Waals surface area contributed by atoms with E-state index in [4.69, 9.17) is 16.3 Å². The Morgan fingerprint density at radius 3 is 2.75 bits per heavy atom. The summed E-state index contributed by atoms with van der Waals surface area (Å²) in [5.41, 5.74) is 2.01. The van der Waals surface area contributed by atoms with E-state index in [1.54, 1.807) is 18.5 Å². The van der Waals surface area contributed by atoms with Gasteiger partial charge >= 0.3 is 0 Å². The average molecular weight is 287 g/mol. The molecule has 20 heavy (non-hydrogen) atoms. The molecule has 4 heteroatoms. The molecular weight excluding hydrogens is 272 g/mol. The molecule has 0 fully saturated rings. The van der Waals surface area contributed by atoms with Gasteiger partial charge in [-0.3, -0.25) is 0 Å². The standard InChI is InChI=1S/C16H15ClN2O/c1-13-11-14(5-2-3-8-17)6-7-15(13)20-12-16-18-9-4-10-19-16/h4,6-7,9-11H,3,8,12H2,1H3. The van der Waals surface area contributed by atoms with Gasteiger partial charge in [-0.2, -0.15) is 0 Å². The van der Waals surface area contributed by atoms with Crippen LogP contribution < -0.4 is 4.74 Å². The van der Waals surface area contributed by atoms with E-state index in [9.17, 15) is 0 Å². The number of hydrogen-bond acceptors (Lipinski definition) is 3. The molecule has 1 aromatic carbocycles. The Morgan fingerprint density at radius 1 is 1.25 bits per heavy atom. The van der Waals surface area contributed by atoms with Gasteiger partial charge in [0.05, 0.1) is 0 Å². The van der Waals surface area contributed by atoms with Crippen molar-refractivity contribution in [1.82, 2.24) is 9.97 Å². The van der Waals surface area contributed by atoms with Crippen LogP contribution in [0.5, 0.6) is 5.75 Å². The zero-order chi connectivity index (χ0) is 14.2. The predicted molar refractivity (Wildman–Crippen MR) is 79.8 cm³/mol. The van der Waals surface area contributed by atoms with Gasteiger partial charge in [0.15, 0.2) is 5.82 Å².